The van der Waals surface area contributed by atoms with Crippen molar-refractivity contribution in [3.05, 3.63) is 28.8 Å². The second kappa shape index (κ2) is 8.93. The Morgan fingerprint density at radius 1 is 1.31 bits per heavy atom. The molecule has 1 aromatic rings. The van der Waals surface area contributed by atoms with E-state index in [1.165, 1.54) is 0 Å². The van der Waals surface area contributed by atoms with Crippen LogP contribution >= 0.6 is 24.0 Å². The van der Waals surface area contributed by atoms with Crippen molar-refractivity contribution >= 4 is 41.7 Å². The monoisotopic (exact) mass is 401 g/mol. The van der Waals surface area contributed by atoms with Crippen LogP contribution in [0.4, 0.5) is 10.5 Å². The number of carbonyl (C=O) groups is 2. The van der Waals surface area contributed by atoms with Gasteiger partial charge in [-0.15, -0.1) is 12.4 Å². The van der Waals surface area contributed by atoms with Crippen molar-refractivity contribution in [2.24, 2.45) is 5.92 Å². The van der Waals surface area contributed by atoms with Gasteiger partial charge < -0.3 is 20.3 Å². The third-order valence-electron chi connectivity index (χ3n) is 4.61. The van der Waals surface area contributed by atoms with Crippen LogP contribution < -0.4 is 10.6 Å². The number of fused-ring (bicyclic) bond motifs is 4. The van der Waals surface area contributed by atoms with Gasteiger partial charge in [-0.2, -0.15) is 0 Å². The van der Waals surface area contributed by atoms with Crippen LogP contribution in [0, 0.1) is 5.92 Å². The maximum Gasteiger partial charge on any atom is 0.338 e. The van der Waals surface area contributed by atoms with Gasteiger partial charge in [0.2, 0.25) is 0 Å². The first kappa shape index (κ1) is 20.8. The van der Waals surface area contributed by atoms with Gasteiger partial charge >= 0.3 is 12.0 Å². The van der Waals surface area contributed by atoms with Crippen LogP contribution in [0.1, 0.15) is 37.0 Å². The van der Waals surface area contributed by atoms with E-state index in [2.05, 4.69) is 10.6 Å². The number of nitrogens with zero attached hydrogens (tertiary/aromatic N) is 1. The van der Waals surface area contributed by atoms with E-state index in [9.17, 15) is 9.59 Å². The SMILES string of the molecule is CC(C)OC(=O)c1ccc(Cl)c(NC(=O)N2C[C@H]3CC[C@@H](C2)NC3)c1.Cl. The van der Waals surface area contributed by atoms with Gasteiger partial charge in [-0.1, -0.05) is 11.6 Å². The normalized spacial score (nSPS) is 21.8. The number of piperidine rings is 1. The molecule has 0 unspecified atom stereocenters. The number of rotatable bonds is 3. The number of amides is 2. The first-order chi connectivity index (χ1) is 11.9. The van der Waals surface area contributed by atoms with Crippen molar-refractivity contribution in [3.63, 3.8) is 0 Å². The molecule has 2 amide bonds. The van der Waals surface area contributed by atoms with E-state index >= 15 is 0 Å². The molecule has 3 fully saturated rings. The molecule has 0 aromatic heterocycles. The molecule has 3 heterocycles. The van der Waals surface area contributed by atoms with E-state index in [1.807, 2.05) is 4.90 Å². The Kier molecular flexibility index (Phi) is 7.15. The molecular formula is C18H25Cl2N3O3. The zero-order valence-corrected chi connectivity index (χ0v) is 16.5. The van der Waals surface area contributed by atoms with Gasteiger partial charge in [-0.05, 0) is 57.4 Å². The van der Waals surface area contributed by atoms with Crippen molar-refractivity contribution < 1.29 is 14.3 Å². The zero-order valence-electron chi connectivity index (χ0n) is 15.0. The molecule has 0 radical (unpaired) electrons. The Bertz CT molecular complexity index is 647. The average molecular weight is 402 g/mol. The summed E-state index contributed by atoms with van der Waals surface area (Å²) in [6.07, 6.45) is 2.05. The molecule has 3 saturated heterocycles. The molecule has 8 heteroatoms. The smallest absolute Gasteiger partial charge is 0.338 e. The highest BCUT2D eigenvalue weighted by Gasteiger charge is 2.31. The first-order valence-corrected chi connectivity index (χ1v) is 9.10. The van der Waals surface area contributed by atoms with Crippen LogP contribution in [0.2, 0.25) is 5.02 Å². The van der Waals surface area contributed by atoms with E-state index in [4.69, 9.17) is 16.3 Å². The summed E-state index contributed by atoms with van der Waals surface area (Å²) in [5, 5.41) is 6.71. The quantitative estimate of drug-likeness (QED) is 0.759. The molecule has 2 atom stereocenters. The minimum Gasteiger partial charge on any atom is -0.459 e. The molecule has 26 heavy (non-hydrogen) atoms. The lowest BCUT2D eigenvalue weighted by Gasteiger charge is -2.23. The maximum atomic E-state index is 12.7. The van der Waals surface area contributed by atoms with Crippen LogP contribution in [0.25, 0.3) is 0 Å². The molecule has 0 saturated carbocycles. The van der Waals surface area contributed by atoms with Crippen LogP contribution in [0.5, 0.6) is 0 Å². The van der Waals surface area contributed by atoms with Crippen LogP contribution in [-0.4, -0.2) is 48.7 Å². The molecule has 2 N–H and O–H groups in total. The predicted octanol–water partition coefficient (Wildman–Crippen LogP) is 3.54. The fraction of sp³-hybridized carbons (Fsp3) is 0.556. The number of nitrogens with one attached hydrogen (secondary N) is 2. The lowest BCUT2D eigenvalue weighted by atomic mass is 9.97. The Balaban J connectivity index is 0.00000243. The zero-order chi connectivity index (χ0) is 18.0. The summed E-state index contributed by atoms with van der Waals surface area (Å²) in [5.41, 5.74) is 0.792. The van der Waals surface area contributed by atoms with Crippen molar-refractivity contribution in [2.75, 3.05) is 25.0 Å². The fourth-order valence-corrected chi connectivity index (χ4v) is 3.49. The minimum absolute atomic E-state index is 0. The Morgan fingerprint density at radius 3 is 2.73 bits per heavy atom. The van der Waals surface area contributed by atoms with Gasteiger partial charge in [-0.3, -0.25) is 0 Å². The molecule has 6 nitrogen and oxygen atoms in total. The van der Waals surface area contributed by atoms with E-state index in [0.29, 0.717) is 34.8 Å². The standard InChI is InChI=1S/C18H24ClN3O3.ClH/c1-11(2)25-17(23)13-4-6-15(19)16(7-13)21-18(24)22-9-12-3-5-14(10-22)20-8-12;/h4,6-7,11-12,14,20H,3,5,8-10H2,1-2H3,(H,21,24);1H/t12-,14-;/m0./s1. The number of carbonyl (C=O) groups excluding carboxylic acids is 2. The van der Waals surface area contributed by atoms with Crippen molar-refractivity contribution in [3.8, 4) is 0 Å². The highest BCUT2D eigenvalue weighted by molar-refractivity contribution is 6.33. The molecule has 3 aliphatic rings. The molecule has 4 rings (SSSR count). The summed E-state index contributed by atoms with van der Waals surface area (Å²) in [4.78, 5) is 26.5. The lowest BCUT2D eigenvalue weighted by Crippen LogP contribution is -2.42. The highest BCUT2D eigenvalue weighted by atomic mass is 35.5. The van der Waals surface area contributed by atoms with E-state index in [0.717, 1.165) is 25.9 Å². The third-order valence-corrected chi connectivity index (χ3v) is 4.94. The second-order valence-corrected chi connectivity index (χ2v) is 7.44. The van der Waals surface area contributed by atoms with Crippen LogP contribution in [-0.2, 0) is 4.74 Å². The number of hydrogen-bond donors (Lipinski definition) is 2. The first-order valence-electron chi connectivity index (χ1n) is 8.72. The number of ether oxygens (including phenoxy) is 1. The molecule has 3 aliphatic heterocycles. The summed E-state index contributed by atoms with van der Waals surface area (Å²) in [6, 6.07) is 4.93. The molecule has 0 aliphatic carbocycles. The average Bonchev–Trinajstić information content (AvgIpc) is 2.90. The van der Waals surface area contributed by atoms with Gasteiger partial charge in [0, 0.05) is 19.1 Å². The lowest BCUT2D eigenvalue weighted by molar-refractivity contribution is 0.0378. The van der Waals surface area contributed by atoms with Crippen molar-refractivity contribution in [2.45, 2.75) is 38.8 Å². The largest absolute Gasteiger partial charge is 0.459 e. The number of anilines is 1. The topological polar surface area (TPSA) is 70.7 Å². The van der Waals surface area contributed by atoms with E-state index in [1.54, 1.807) is 32.0 Å². The van der Waals surface area contributed by atoms with Crippen molar-refractivity contribution in [1.29, 1.82) is 0 Å². The Morgan fingerprint density at radius 2 is 2.08 bits per heavy atom. The summed E-state index contributed by atoms with van der Waals surface area (Å²) in [7, 11) is 0. The van der Waals surface area contributed by atoms with Crippen LogP contribution in [0.3, 0.4) is 0 Å². The minimum atomic E-state index is -0.431. The summed E-state index contributed by atoms with van der Waals surface area (Å²) >= 11 is 6.19. The van der Waals surface area contributed by atoms with Gasteiger partial charge in [0.1, 0.15) is 0 Å². The number of urea groups is 1. The molecule has 0 spiro atoms. The number of halogens is 2. The summed E-state index contributed by atoms with van der Waals surface area (Å²) < 4.78 is 5.19. The Hall–Kier alpha value is -1.50. The fourth-order valence-electron chi connectivity index (χ4n) is 3.33. The predicted molar refractivity (Wildman–Crippen MR) is 104 cm³/mol. The highest BCUT2D eigenvalue weighted by Crippen LogP contribution is 2.26. The molecule has 2 bridgehead atoms. The van der Waals surface area contributed by atoms with E-state index in [-0.39, 0.29) is 24.5 Å². The number of hydrogen-bond acceptors (Lipinski definition) is 4. The number of esters is 1. The molecule has 1 aromatic carbocycles. The summed E-state index contributed by atoms with van der Waals surface area (Å²) in [6.45, 7) is 5.97. The Labute approximate surface area is 165 Å². The summed E-state index contributed by atoms with van der Waals surface area (Å²) in [5.74, 6) is 0.0616. The van der Waals surface area contributed by atoms with Gasteiger partial charge in [0.15, 0.2) is 0 Å². The number of benzene rings is 1. The maximum absolute atomic E-state index is 12.7. The van der Waals surface area contributed by atoms with Gasteiger partial charge in [0.25, 0.3) is 0 Å². The molecule has 144 valence electrons. The third kappa shape index (κ3) is 5.02. The van der Waals surface area contributed by atoms with Gasteiger partial charge in [0.05, 0.1) is 22.4 Å². The van der Waals surface area contributed by atoms with E-state index < -0.39 is 5.97 Å². The second-order valence-electron chi connectivity index (χ2n) is 7.03. The van der Waals surface area contributed by atoms with Crippen LogP contribution in [0.15, 0.2) is 18.2 Å². The van der Waals surface area contributed by atoms with Crippen molar-refractivity contribution in [1.82, 2.24) is 10.2 Å². The molecular weight excluding hydrogens is 377 g/mol. The van der Waals surface area contributed by atoms with Gasteiger partial charge in [-0.25, -0.2) is 9.59 Å².